The molecular weight excluding hydrogens is 446 g/mol. The van der Waals surface area contributed by atoms with Crippen molar-refractivity contribution >= 4 is 17.9 Å². The molecule has 0 bridgehead atoms. The van der Waals surface area contributed by atoms with E-state index in [0.29, 0.717) is 25.8 Å². The van der Waals surface area contributed by atoms with Crippen molar-refractivity contribution in [1.29, 1.82) is 0 Å². The Morgan fingerprint density at radius 2 is 1.11 bits per heavy atom. The van der Waals surface area contributed by atoms with Crippen molar-refractivity contribution < 1.29 is 34.2 Å². The average Bonchev–Trinajstić information content (AvgIpc) is 2.82. The maximum absolute atomic E-state index is 11.9. The number of hydrogen-bond donors (Lipinski definition) is 2. The fraction of sp³-hybridized carbons (Fsp3) is 0.821. The maximum atomic E-state index is 11.9. The topological polar surface area (TPSA) is 115 Å². The van der Waals surface area contributed by atoms with Crippen LogP contribution in [0.1, 0.15) is 105 Å². The third-order valence-electron chi connectivity index (χ3n) is 7.23. The molecule has 0 rings (SSSR count). The lowest BCUT2D eigenvalue weighted by Crippen LogP contribution is -2.59. The normalized spacial score (nSPS) is 16.0. The fourth-order valence-electron chi connectivity index (χ4n) is 4.86. The van der Waals surface area contributed by atoms with Crippen LogP contribution in [0, 0.1) is 17.8 Å². The summed E-state index contributed by atoms with van der Waals surface area (Å²) in [6.07, 6.45) is 15.7. The van der Waals surface area contributed by atoms with Gasteiger partial charge in [-0.3, -0.25) is 9.59 Å². The predicted molar refractivity (Wildman–Crippen MR) is 138 cm³/mol. The second-order valence-corrected chi connectivity index (χ2v) is 10.1. The van der Waals surface area contributed by atoms with Crippen LogP contribution in [-0.2, 0) is 14.4 Å². The quantitative estimate of drug-likeness (QED) is 0.118. The van der Waals surface area contributed by atoms with Crippen molar-refractivity contribution in [1.82, 2.24) is 0 Å². The molecule has 35 heavy (non-hydrogen) atoms. The molecule has 0 heterocycles. The maximum Gasteiger partial charge on any atom is 0.312 e. The number of rotatable bonds is 23. The molecule has 7 nitrogen and oxygen atoms in total. The summed E-state index contributed by atoms with van der Waals surface area (Å²) in [5.41, 5.74) is 0. The molecule has 3 unspecified atom stereocenters. The molecule has 0 aliphatic heterocycles. The van der Waals surface area contributed by atoms with E-state index in [-0.39, 0.29) is 24.1 Å². The van der Waals surface area contributed by atoms with Gasteiger partial charge in [0, 0.05) is 12.3 Å². The Bertz CT molecular complexity index is 573. The zero-order valence-electron chi connectivity index (χ0n) is 22.7. The van der Waals surface area contributed by atoms with Crippen LogP contribution in [0.15, 0.2) is 12.2 Å². The van der Waals surface area contributed by atoms with E-state index in [1.54, 1.807) is 6.92 Å². The highest BCUT2D eigenvalue weighted by Crippen LogP contribution is 2.24. The van der Waals surface area contributed by atoms with Gasteiger partial charge in [-0.2, -0.15) is 0 Å². The van der Waals surface area contributed by atoms with E-state index in [1.807, 2.05) is 13.8 Å². The van der Waals surface area contributed by atoms with Crippen LogP contribution in [0.3, 0.4) is 0 Å². The Balaban J connectivity index is 5.43. The van der Waals surface area contributed by atoms with E-state index in [1.165, 1.54) is 38.5 Å². The van der Waals surface area contributed by atoms with Gasteiger partial charge in [-0.25, -0.2) is 0 Å². The van der Waals surface area contributed by atoms with E-state index in [0.717, 1.165) is 19.3 Å². The number of carboxylic acid groups (broad SMARTS) is 3. The monoisotopic (exact) mass is 497 g/mol. The summed E-state index contributed by atoms with van der Waals surface area (Å²) in [5.74, 6) is -5.03. The largest absolute Gasteiger partial charge is 0.550 e. The number of nitrogens with zero attached hydrogens (tertiary/aromatic N) is 1. The van der Waals surface area contributed by atoms with Crippen LogP contribution in [0.4, 0.5) is 0 Å². The third kappa shape index (κ3) is 14.3. The summed E-state index contributed by atoms with van der Waals surface area (Å²) >= 11 is 0. The molecule has 7 heteroatoms. The van der Waals surface area contributed by atoms with E-state index >= 15 is 0 Å². The van der Waals surface area contributed by atoms with E-state index < -0.39 is 35.7 Å². The Labute approximate surface area is 213 Å². The molecule has 0 saturated heterocycles. The van der Waals surface area contributed by atoms with E-state index in [2.05, 4.69) is 19.1 Å². The second kappa shape index (κ2) is 19.3. The van der Waals surface area contributed by atoms with Crippen LogP contribution in [0.5, 0.6) is 0 Å². The Kier molecular flexibility index (Phi) is 18.3. The molecule has 2 N–H and O–H groups in total. The van der Waals surface area contributed by atoms with Crippen LogP contribution in [-0.4, -0.2) is 58.8 Å². The summed E-state index contributed by atoms with van der Waals surface area (Å²) in [5, 5.41) is 31.2. The lowest BCUT2D eigenvalue weighted by molar-refractivity contribution is -0.935. The van der Waals surface area contributed by atoms with Crippen molar-refractivity contribution in [2.45, 2.75) is 105 Å². The highest BCUT2D eigenvalue weighted by Gasteiger charge is 2.39. The lowest BCUT2D eigenvalue weighted by Gasteiger charge is -2.44. The molecule has 0 radical (unpaired) electrons. The van der Waals surface area contributed by atoms with Crippen molar-refractivity contribution in [2.24, 2.45) is 17.8 Å². The SMILES string of the molecule is CCCCCCCC/C=C/CCC[N+](CC(CC)C(=O)[O-])(CC(CC)C(=O)O)CC(CC)C(=O)O. The number of carboxylic acids is 3. The molecule has 0 aliphatic carbocycles. The highest BCUT2D eigenvalue weighted by atomic mass is 16.4. The number of hydrogen-bond acceptors (Lipinski definition) is 4. The van der Waals surface area contributed by atoms with Crippen molar-refractivity contribution in [2.75, 3.05) is 26.2 Å². The summed E-state index contributed by atoms with van der Waals surface area (Å²) in [6, 6.07) is 0. The van der Waals surface area contributed by atoms with Gasteiger partial charge in [0.25, 0.3) is 0 Å². The highest BCUT2D eigenvalue weighted by molar-refractivity contribution is 5.70. The summed E-state index contributed by atoms with van der Waals surface area (Å²) in [7, 11) is 0. The second-order valence-electron chi connectivity index (χ2n) is 10.1. The smallest absolute Gasteiger partial charge is 0.312 e. The molecule has 0 aliphatic rings. The summed E-state index contributed by atoms with van der Waals surface area (Å²) in [4.78, 5) is 35.5. The first kappa shape index (κ1) is 33.1. The van der Waals surface area contributed by atoms with Gasteiger partial charge in [-0.15, -0.1) is 0 Å². The van der Waals surface area contributed by atoms with E-state index in [9.17, 15) is 29.7 Å². The minimum absolute atomic E-state index is 0.188. The van der Waals surface area contributed by atoms with Crippen LogP contribution in [0.25, 0.3) is 0 Å². The van der Waals surface area contributed by atoms with Crippen molar-refractivity contribution in [3.8, 4) is 0 Å². The predicted octanol–water partition coefficient (Wildman–Crippen LogP) is 4.89. The first-order chi connectivity index (χ1) is 16.7. The van der Waals surface area contributed by atoms with Crippen LogP contribution in [0.2, 0.25) is 0 Å². The number of carbonyl (C=O) groups is 3. The molecule has 204 valence electrons. The average molecular weight is 498 g/mol. The summed E-state index contributed by atoms with van der Waals surface area (Å²) < 4.78 is 0.188. The number of carbonyl (C=O) groups excluding carboxylic acids is 1. The molecule has 0 fully saturated rings. The minimum Gasteiger partial charge on any atom is -0.550 e. The minimum atomic E-state index is -1.15. The number of unbranched alkanes of at least 4 members (excludes halogenated alkanes) is 7. The first-order valence-corrected chi connectivity index (χ1v) is 13.8. The van der Waals surface area contributed by atoms with Gasteiger partial charge in [0.05, 0.1) is 32.1 Å². The zero-order valence-corrected chi connectivity index (χ0v) is 22.7. The molecule has 0 aromatic carbocycles. The van der Waals surface area contributed by atoms with Gasteiger partial charge in [0.1, 0.15) is 11.8 Å². The Hall–Kier alpha value is -1.89. The molecular formula is C28H51NO6. The van der Waals surface area contributed by atoms with Gasteiger partial charge in [0.15, 0.2) is 0 Å². The van der Waals surface area contributed by atoms with Crippen LogP contribution >= 0.6 is 0 Å². The first-order valence-electron chi connectivity index (χ1n) is 13.8. The number of allylic oxidation sites excluding steroid dienone is 2. The van der Waals surface area contributed by atoms with Crippen molar-refractivity contribution in [3.05, 3.63) is 12.2 Å². The lowest BCUT2D eigenvalue weighted by atomic mass is 9.95. The fourth-order valence-corrected chi connectivity index (χ4v) is 4.86. The van der Waals surface area contributed by atoms with Crippen LogP contribution < -0.4 is 5.11 Å². The van der Waals surface area contributed by atoms with Gasteiger partial charge < -0.3 is 24.6 Å². The Morgan fingerprint density at radius 3 is 1.54 bits per heavy atom. The molecule has 0 amide bonds. The molecule has 0 aromatic rings. The van der Waals surface area contributed by atoms with Gasteiger partial charge in [-0.05, 0) is 38.5 Å². The molecule has 0 spiro atoms. The molecule has 0 aromatic heterocycles. The van der Waals surface area contributed by atoms with Gasteiger partial charge in [-0.1, -0.05) is 72.0 Å². The molecule has 3 atom stereocenters. The zero-order chi connectivity index (χ0) is 26.7. The summed E-state index contributed by atoms with van der Waals surface area (Å²) in [6.45, 7) is 8.84. The van der Waals surface area contributed by atoms with E-state index in [4.69, 9.17) is 0 Å². The number of aliphatic carboxylic acids is 3. The molecule has 0 saturated carbocycles. The van der Waals surface area contributed by atoms with Crippen molar-refractivity contribution in [3.63, 3.8) is 0 Å². The standard InChI is InChI=1S/C28H51NO6/c1-5-9-10-11-12-13-14-15-16-17-18-19-29(20-23(6-2)26(30)31,21-24(7-3)27(32)33)22-25(8-4)28(34)35/h15-16,23-25H,5-14,17-22H2,1-4H3,(H2-,30,31,32,33,34,35)/b16-15+. The third-order valence-corrected chi connectivity index (χ3v) is 7.23. The Morgan fingerprint density at radius 1 is 0.686 bits per heavy atom. The number of quaternary nitrogens is 1. The van der Waals surface area contributed by atoms with Gasteiger partial charge >= 0.3 is 11.9 Å². The van der Waals surface area contributed by atoms with Gasteiger partial charge in [0.2, 0.25) is 0 Å².